The number of likely N-dealkylation sites (tertiary alicyclic amines) is 2. The molecule has 2 fully saturated rings. The molecule has 0 saturated carbocycles. The lowest BCUT2D eigenvalue weighted by Gasteiger charge is -2.33. The van der Waals surface area contributed by atoms with E-state index in [1.54, 1.807) is 6.07 Å². The number of aromatic carboxylic acids is 1. The lowest BCUT2D eigenvalue weighted by atomic mass is 10.0. The lowest BCUT2D eigenvalue weighted by molar-refractivity contribution is 0.0693. The standard InChI is InChI=1S/C19H28N2O5/c1-25-13-8-14(19(23)24)15(18(9-13)26-2)10-20-11-16(17(22)12-20)21-6-4-3-5-7-21/h8-9,16-17,22H,3-7,10-12H2,1-2H3,(H,23,24). The third kappa shape index (κ3) is 3.95. The fourth-order valence-corrected chi connectivity index (χ4v) is 4.08. The normalized spacial score (nSPS) is 24.6. The highest BCUT2D eigenvalue weighted by Crippen LogP contribution is 2.31. The SMILES string of the molecule is COc1cc(OC)c(CN2CC(O)C(N3CCCCC3)C2)c(C(=O)O)c1. The first-order valence-electron chi connectivity index (χ1n) is 9.16. The van der Waals surface area contributed by atoms with Gasteiger partial charge in [0.2, 0.25) is 0 Å². The van der Waals surface area contributed by atoms with Crippen LogP contribution in [-0.2, 0) is 6.54 Å². The molecule has 7 nitrogen and oxygen atoms in total. The largest absolute Gasteiger partial charge is 0.497 e. The molecule has 2 heterocycles. The summed E-state index contributed by atoms with van der Waals surface area (Å²) < 4.78 is 10.6. The van der Waals surface area contributed by atoms with Crippen molar-refractivity contribution in [1.82, 2.24) is 9.80 Å². The number of hydrogen-bond acceptors (Lipinski definition) is 6. The summed E-state index contributed by atoms with van der Waals surface area (Å²) in [5.41, 5.74) is 0.796. The number of benzene rings is 1. The number of hydrogen-bond donors (Lipinski definition) is 2. The van der Waals surface area contributed by atoms with Crippen LogP contribution in [0.4, 0.5) is 0 Å². The summed E-state index contributed by atoms with van der Waals surface area (Å²) in [4.78, 5) is 16.2. The van der Waals surface area contributed by atoms with E-state index in [0.29, 0.717) is 30.2 Å². The zero-order chi connectivity index (χ0) is 18.7. The minimum atomic E-state index is -1.01. The Bertz CT molecular complexity index is 645. The Morgan fingerprint density at radius 1 is 1.15 bits per heavy atom. The summed E-state index contributed by atoms with van der Waals surface area (Å²) in [6.07, 6.45) is 3.21. The monoisotopic (exact) mass is 364 g/mol. The maximum absolute atomic E-state index is 11.7. The predicted molar refractivity (Wildman–Crippen MR) is 97.0 cm³/mol. The first-order chi connectivity index (χ1) is 12.5. The van der Waals surface area contributed by atoms with Crippen LogP contribution in [0, 0.1) is 0 Å². The minimum absolute atomic E-state index is 0.118. The van der Waals surface area contributed by atoms with E-state index in [4.69, 9.17) is 9.47 Å². The van der Waals surface area contributed by atoms with Gasteiger partial charge in [0.15, 0.2) is 0 Å². The van der Waals surface area contributed by atoms with Crippen LogP contribution in [0.5, 0.6) is 11.5 Å². The third-order valence-electron chi connectivity index (χ3n) is 5.44. The maximum Gasteiger partial charge on any atom is 0.336 e. The molecule has 2 atom stereocenters. The number of ether oxygens (including phenoxy) is 2. The van der Waals surface area contributed by atoms with E-state index in [-0.39, 0.29) is 11.6 Å². The van der Waals surface area contributed by atoms with Gasteiger partial charge in [-0.3, -0.25) is 9.80 Å². The summed E-state index contributed by atoms with van der Waals surface area (Å²) in [7, 11) is 3.03. The van der Waals surface area contributed by atoms with Crippen molar-refractivity contribution in [2.75, 3.05) is 40.4 Å². The maximum atomic E-state index is 11.7. The molecule has 0 aliphatic carbocycles. The van der Waals surface area contributed by atoms with Crippen molar-refractivity contribution >= 4 is 5.97 Å². The molecular formula is C19H28N2O5. The molecule has 0 aromatic heterocycles. The summed E-state index contributed by atoms with van der Waals surface area (Å²) in [6, 6.07) is 3.35. The second-order valence-electron chi connectivity index (χ2n) is 7.09. The summed E-state index contributed by atoms with van der Waals surface area (Å²) in [6.45, 7) is 3.75. The summed E-state index contributed by atoms with van der Waals surface area (Å²) >= 11 is 0. The van der Waals surface area contributed by atoms with Crippen LogP contribution < -0.4 is 9.47 Å². The Hall–Kier alpha value is -1.83. The molecule has 2 N–H and O–H groups in total. The number of carboxylic acid groups (broad SMARTS) is 1. The number of aliphatic hydroxyl groups is 1. The van der Waals surface area contributed by atoms with Crippen LogP contribution in [0.1, 0.15) is 35.2 Å². The number of β-amino-alcohol motifs (C(OH)–C–C–N with tert-alkyl or cyclic N) is 1. The lowest BCUT2D eigenvalue weighted by Crippen LogP contribution is -2.45. The van der Waals surface area contributed by atoms with E-state index in [2.05, 4.69) is 9.80 Å². The number of rotatable bonds is 6. The second-order valence-corrected chi connectivity index (χ2v) is 7.09. The van der Waals surface area contributed by atoms with Crippen LogP contribution in [0.15, 0.2) is 12.1 Å². The van der Waals surface area contributed by atoms with Crippen LogP contribution in [0.25, 0.3) is 0 Å². The van der Waals surface area contributed by atoms with Crippen molar-refractivity contribution < 1.29 is 24.5 Å². The molecule has 2 aliphatic heterocycles. The van der Waals surface area contributed by atoms with Gasteiger partial charge in [0.1, 0.15) is 11.5 Å². The van der Waals surface area contributed by atoms with Crippen molar-refractivity contribution in [1.29, 1.82) is 0 Å². The number of nitrogens with zero attached hydrogens (tertiary/aromatic N) is 2. The number of carboxylic acids is 1. The zero-order valence-corrected chi connectivity index (χ0v) is 15.5. The van der Waals surface area contributed by atoms with E-state index in [0.717, 1.165) is 19.6 Å². The molecule has 2 unspecified atom stereocenters. The van der Waals surface area contributed by atoms with Crippen LogP contribution in [0.3, 0.4) is 0 Å². The Morgan fingerprint density at radius 2 is 1.88 bits per heavy atom. The summed E-state index contributed by atoms with van der Waals surface area (Å²) in [5, 5.41) is 20.1. The molecule has 0 bridgehead atoms. The molecule has 2 saturated heterocycles. The van der Waals surface area contributed by atoms with Crippen molar-refractivity contribution in [2.45, 2.75) is 38.0 Å². The first-order valence-corrected chi connectivity index (χ1v) is 9.16. The molecule has 1 aromatic rings. The molecule has 1 aromatic carbocycles. The number of carbonyl (C=O) groups is 1. The van der Waals surface area contributed by atoms with E-state index in [9.17, 15) is 15.0 Å². The Kier molecular flexibility index (Phi) is 6.01. The molecule has 3 rings (SSSR count). The second kappa shape index (κ2) is 8.24. The van der Waals surface area contributed by atoms with Crippen molar-refractivity contribution in [3.8, 4) is 11.5 Å². The van der Waals surface area contributed by atoms with E-state index < -0.39 is 12.1 Å². The molecule has 2 aliphatic rings. The molecule has 26 heavy (non-hydrogen) atoms. The number of aliphatic hydroxyl groups excluding tert-OH is 1. The van der Waals surface area contributed by atoms with Gasteiger partial charge in [0.05, 0.1) is 25.9 Å². The van der Waals surface area contributed by atoms with Gasteiger partial charge >= 0.3 is 5.97 Å². The predicted octanol–water partition coefficient (Wildman–Crippen LogP) is 1.43. The molecule has 0 spiro atoms. The van der Waals surface area contributed by atoms with Gasteiger partial charge in [0, 0.05) is 37.3 Å². The average molecular weight is 364 g/mol. The average Bonchev–Trinajstić information content (AvgIpc) is 3.02. The minimum Gasteiger partial charge on any atom is -0.497 e. The fourth-order valence-electron chi connectivity index (χ4n) is 4.08. The highest BCUT2D eigenvalue weighted by atomic mass is 16.5. The molecule has 7 heteroatoms. The van der Waals surface area contributed by atoms with Crippen molar-refractivity contribution in [3.05, 3.63) is 23.3 Å². The van der Waals surface area contributed by atoms with Gasteiger partial charge in [-0.15, -0.1) is 0 Å². The van der Waals surface area contributed by atoms with Gasteiger partial charge in [0.25, 0.3) is 0 Å². The highest BCUT2D eigenvalue weighted by molar-refractivity contribution is 5.91. The van der Waals surface area contributed by atoms with Gasteiger partial charge in [-0.05, 0) is 32.0 Å². The molecule has 0 radical (unpaired) electrons. The topological polar surface area (TPSA) is 82.5 Å². The van der Waals surface area contributed by atoms with Gasteiger partial charge < -0.3 is 19.7 Å². The molecule has 144 valence electrons. The Balaban J connectivity index is 1.79. The highest BCUT2D eigenvalue weighted by Gasteiger charge is 2.36. The molecule has 0 amide bonds. The van der Waals surface area contributed by atoms with Crippen LogP contribution >= 0.6 is 0 Å². The van der Waals surface area contributed by atoms with Crippen molar-refractivity contribution in [3.63, 3.8) is 0 Å². The zero-order valence-electron chi connectivity index (χ0n) is 15.5. The van der Waals surface area contributed by atoms with Gasteiger partial charge in [-0.2, -0.15) is 0 Å². The van der Waals surface area contributed by atoms with E-state index >= 15 is 0 Å². The summed E-state index contributed by atoms with van der Waals surface area (Å²) in [5.74, 6) is -0.0576. The Morgan fingerprint density at radius 3 is 2.50 bits per heavy atom. The number of methoxy groups -OCH3 is 2. The number of piperidine rings is 1. The van der Waals surface area contributed by atoms with Crippen LogP contribution in [-0.4, -0.2) is 78.5 Å². The third-order valence-corrected chi connectivity index (χ3v) is 5.44. The van der Waals surface area contributed by atoms with E-state index in [1.807, 2.05) is 0 Å². The van der Waals surface area contributed by atoms with Gasteiger partial charge in [-0.1, -0.05) is 6.42 Å². The molecular weight excluding hydrogens is 336 g/mol. The van der Waals surface area contributed by atoms with Gasteiger partial charge in [-0.25, -0.2) is 4.79 Å². The quantitative estimate of drug-likeness (QED) is 0.790. The smallest absolute Gasteiger partial charge is 0.336 e. The van der Waals surface area contributed by atoms with E-state index in [1.165, 1.54) is 39.5 Å². The van der Waals surface area contributed by atoms with Crippen molar-refractivity contribution in [2.24, 2.45) is 0 Å². The first kappa shape index (κ1) is 18.9. The Labute approximate surface area is 154 Å². The van der Waals surface area contributed by atoms with Crippen LogP contribution in [0.2, 0.25) is 0 Å². The fraction of sp³-hybridized carbons (Fsp3) is 0.632.